The summed E-state index contributed by atoms with van der Waals surface area (Å²) in [5.41, 5.74) is 0. The number of aliphatic carboxylic acids is 1. The van der Waals surface area contributed by atoms with Crippen LogP contribution in [0.4, 0.5) is 0 Å². The van der Waals surface area contributed by atoms with E-state index in [2.05, 4.69) is 6.92 Å². The van der Waals surface area contributed by atoms with Gasteiger partial charge in [0.25, 0.3) is 0 Å². The summed E-state index contributed by atoms with van der Waals surface area (Å²) < 4.78 is 0. The third kappa shape index (κ3) is 13.1. The first-order valence-corrected chi connectivity index (χ1v) is 3.99. The molecule has 0 rings (SSSR count). The van der Waals surface area contributed by atoms with Crippen LogP contribution in [0, 0.1) is 0 Å². The van der Waals surface area contributed by atoms with Crippen LogP contribution in [-0.4, -0.2) is 11.1 Å². The number of unbranched alkanes of at least 4 members (excludes halogenated alkanes) is 4. The molecular formula is C8H16CuO2. The molecule has 1 N–H and O–H groups in total. The zero-order valence-corrected chi connectivity index (χ0v) is 7.84. The van der Waals surface area contributed by atoms with Crippen LogP contribution in [0.15, 0.2) is 0 Å². The monoisotopic (exact) mass is 207 g/mol. The standard InChI is InChI=1S/C8H16O2.Cu/c1-2-3-4-5-6-7-8(9)10;/h2-7H2,1H3,(H,9,10);. The quantitative estimate of drug-likeness (QED) is 0.537. The average Bonchev–Trinajstić information content (AvgIpc) is 1.87. The molecule has 0 aromatic heterocycles. The Morgan fingerprint density at radius 2 is 1.73 bits per heavy atom. The number of carbonyl (C=O) groups is 1. The summed E-state index contributed by atoms with van der Waals surface area (Å²) in [7, 11) is 0. The number of rotatable bonds is 6. The van der Waals surface area contributed by atoms with E-state index >= 15 is 0 Å². The Morgan fingerprint density at radius 1 is 1.18 bits per heavy atom. The fraction of sp³-hybridized carbons (Fsp3) is 0.875. The molecule has 0 aromatic carbocycles. The van der Waals surface area contributed by atoms with Gasteiger partial charge >= 0.3 is 5.97 Å². The Kier molecular flexibility index (Phi) is 12.3. The van der Waals surface area contributed by atoms with Gasteiger partial charge in [-0.3, -0.25) is 4.79 Å². The van der Waals surface area contributed by atoms with Gasteiger partial charge in [0.15, 0.2) is 0 Å². The molecule has 2 nitrogen and oxygen atoms in total. The largest absolute Gasteiger partial charge is 0.481 e. The minimum atomic E-state index is -0.670. The molecule has 11 heavy (non-hydrogen) atoms. The zero-order valence-electron chi connectivity index (χ0n) is 6.90. The van der Waals surface area contributed by atoms with Crippen molar-refractivity contribution >= 4 is 5.97 Å². The van der Waals surface area contributed by atoms with Gasteiger partial charge in [0.2, 0.25) is 0 Å². The molecule has 0 unspecified atom stereocenters. The van der Waals surface area contributed by atoms with Gasteiger partial charge in [-0.15, -0.1) is 0 Å². The van der Waals surface area contributed by atoms with Crippen molar-refractivity contribution in [2.45, 2.75) is 45.4 Å². The second-order valence-electron chi connectivity index (χ2n) is 2.56. The summed E-state index contributed by atoms with van der Waals surface area (Å²) in [6.45, 7) is 2.15. The van der Waals surface area contributed by atoms with Crippen LogP contribution >= 0.6 is 0 Å². The molecule has 1 radical (unpaired) electrons. The summed E-state index contributed by atoms with van der Waals surface area (Å²) in [5.74, 6) is -0.670. The van der Waals surface area contributed by atoms with Crippen molar-refractivity contribution in [3.8, 4) is 0 Å². The van der Waals surface area contributed by atoms with Crippen molar-refractivity contribution in [3.63, 3.8) is 0 Å². The van der Waals surface area contributed by atoms with Gasteiger partial charge in [-0.1, -0.05) is 32.6 Å². The molecule has 0 spiro atoms. The summed E-state index contributed by atoms with van der Waals surface area (Å²) in [4.78, 5) is 10.0. The Balaban J connectivity index is 0. The number of carboxylic acids is 1. The Morgan fingerprint density at radius 3 is 2.18 bits per heavy atom. The second kappa shape index (κ2) is 9.99. The van der Waals surface area contributed by atoms with Crippen LogP contribution in [-0.2, 0) is 21.9 Å². The van der Waals surface area contributed by atoms with Crippen LogP contribution in [0.3, 0.4) is 0 Å². The Labute approximate surface area is 78.8 Å². The molecule has 0 heterocycles. The summed E-state index contributed by atoms with van der Waals surface area (Å²) in [5, 5.41) is 8.27. The van der Waals surface area contributed by atoms with Gasteiger partial charge in [0, 0.05) is 23.5 Å². The number of hydrogen-bond donors (Lipinski definition) is 1. The Bertz CT molecular complexity index is 94.1. The zero-order chi connectivity index (χ0) is 7.82. The third-order valence-electron chi connectivity index (χ3n) is 1.49. The van der Waals surface area contributed by atoms with Gasteiger partial charge < -0.3 is 5.11 Å². The van der Waals surface area contributed by atoms with E-state index in [4.69, 9.17) is 5.11 Å². The molecule has 0 aliphatic carbocycles. The molecule has 0 aliphatic heterocycles. The maximum atomic E-state index is 10.0. The molecule has 3 heteroatoms. The molecular weight excluding hydrogens is 192 g/mol. The maximum Gasteiger partial charge on any atom is 0.303 e. The van der Waals surface area contributed by atoms with E-state index in [0.717, 1.165) is 12.8 Å². The van der Waals surface area contributed by atoms with Crippen molar-refractivity contribution < 1.29 is 27.0 Å². The molecule has 71 valence electrons. The first kappa shape index (κ1) is 13.6. The summed E-state index contributed by atoms with van der Waals surface area (Å²) in [6.07, 6.45) is 5.88. The number of carboxylic acid groups (broad SMARTS) is 1. The molecule has 0 atom stereocenters. The topological polar surface area (TPSA) is 37.3 Å². The fourth-order valence-electron chi connectivity index (χ4n) is 0.880. The fourth-order valence-corrected chi connectivity index (χ4v) is 0.880. The minimum Gasteiger partial charge on any atom is -0.481 e. The summed E-state index contributed by atoms with van der Waals surface area (Å²) >= 11 is 0. The molecule has 0 amide bonds. The van der Waals surface area contributed by atoms with E-state index in [9.17, 15) is 4.79 Å². The first-order valence-electron chi connectivity index (χ1n) is 3.99. The van der Waals surface area contributed by atoms with Gasteiger partial charge in [0.05, 0.1) is 0 Å². The van der Waals surface area contributed by atoms with E-state index in [-0.39, 0.29) is 17.1 Å². The number of hydrogen-bond acceptors (Lipinski definition) is 1. The maximum absolute atomic E-state index is 10.0. The van der Waals surface area contributed by atoms with Crippen molar-refractivity contribution in [3.05, 3.63) is 0 Å². The second-order valence-corrected chi connectivity index (χ2v) is 2.56. The van der Waals surface area contributed by atoms with Crippen LogP contribution < -0.4 is 0 Å². The summed E-state index contributed by atoms with van der Waals surface area (Å²) in [6, 6.07) is 0. The SMILES string of the molecule is CCCCCCCC(=O)O.[Cu]. The van der Waals surface area contributed by atoms with E-state index in [0.29, 0.717) is 6.42 Å². The van der Waals surface area contributed by atoms with E-state index in [1.165, 1.54) is 19.3 Å². The molecule has 0 aliphatic rings. The smallest absolute Gasteiger partial charge is 0.303 e. The van der Waals surface area contributed by atoms with E-state index in [1.54, 1.807) is 0 Å². The van der Waals surface area contributed by atoms with E-state index < -0.39 is 5.97 Å². The van der Waals surface area contributed by atoms with Gasteiger partial charge in [0.1, 0.15) is 0 Å². The van der Waals surface area contributed by atoms with Crippen molar-refractivity contribution in [1.29, 1.82) is 0 Å². The van der Waals surface area contributed by atoms with Crippen LogP contribution in [0.2, 0.25) is 0 Å². The van der Waals surface area contributed by atoms with Gasteiger partial charge in [-0.05, 0) is 6.42 Å². The van der Waals surface area contributed by atoms with Crippen LogP contribution in [0.1, 0.15) is 45.4 Å². The minimum absolute atomic E-state index is 0. The molecule has 0 fully saturated rings. The molecule has 0 aromatic rings. The first-order chi connectivity index (χ1) is 4.77. The molecule has 0 saturated heterocycles. The average molecular weight is 208 g/mol. The van der Waals surface area contributed by atoms with Crippen LogP contribution in [0.5, 0.6) is 0 Å². The Hall–Kier alpha value is -0.0105. The van der Waals surface area contributed by atoms with Crippen molar-refractivity contribution in [1.82, 2.24) is 0 Å². The predicted octanol–water partition coefficient (Wildman–Crippen LogP) is 2.43. The van der Waals surface area contributed by atoms with Crippen LogP contribution in [0.25, 0.3) is 0 Å². The molecule has 0 saturated carbocycles. The van der Waals surface area contributed by atoms with Gasteiger partial charge in [-0.2, -0.15) is 0 Å². The predicted molar refractivity (Wildman–Crippen MR) is 41.0 cm³/mol. The third-order valence-corrected chi connectivity index (χ3v) is 1.49. The van der Waals surface area contributed by atoms with Crippen molar-refractivity contribution in [2.24, 2.45) is 0 Å². The van der Waals surface area contributed by atoms with Crippen molar-refractivity contribution in [2.75, 3.05) is 0 Å². The van der Waals surface area contributed by atoms with E-state index in [1.807, 2.05) is 0 Å². The normalized spacial score (nSPS) is 8.82. The molecule has 0 bridgehead atoms. The van der Waals surface area contributed by atoms with Gasteiger partial charge in [-0.25, -0.2) is 0 Å².